The lowest BCUT2D eigenvalue weighted by atomic mass is 10.3. The topological polar surface area (TPSA) is 66.9 Å². The van der Waals surface area contributed by atoms with Crippen LogP contribution in [0.5, 0.6) is 0 Å². The maximum absolute atomic E-state index is 13.3. The lowest BCUT2D eigenvalue weighted by molar-refractivity contribution is 0.102. The first-order valence-electron chi connectivity index (χ1n) is 5.26. The number of carbonyl (C=O) groups excluding carboxylic acids is 1. The molecule has 0 unspecified atom stereocenters. The van der Waals surface area contributed by atoms with Gasteiger partial charge in [0.1, 0.15) is 17.3 Å². The van der Waals surface area contributed by atoms with E-state index in [-0.39, 0.29) is 11.4 Å². The molecular formula is C12H11FN4O. The van der Waals surface area contributed by atoms with Crippen molar-refractivity contribution in [1.82, 2.24) is 9.97 Å². The Morgan fingerprint density at radius 2 is 2.06 bits per heavy atom. The minimum atomic E-state index is -0.510. The van der Waals surface area contributed by atoms with Gasteiger partial charge in [-0.15, -0.1) is 0 Å². The molecule has 0 aliphatic heterocycles. The molecule has 1 heterocycles. The van der Waals surface area contributed by atoms with Crippen LogP contribution in [0.1, 0.15) is 10.5 Å². The molecule has 2 rings (SSSR count). The van der Waals surface area contributed by atoms with Crippen LogP contribution in [0.25, 0.3) is 0 Å². The first kappa shape index (κ1) is 12.0. The molecule has 0 aliphatic carbocycles. The molecule has 92 valence electrons. The Labute approximate surface area is 103 Å². The van der Waals surface area contributed by atoms with Crippen LogP contribution in [0, 0.1) is 5.82 Å². The summed E-state index contributed by atoms with van der Waals surface area (Å²) >= 11 is 0. The zero-order chi connectivity index (χ0) is 13.0. The minimum absolute atomic E-state index is 0.110. The number of aromatic nitrogens is 2. The number of para-hydroxylation sites is 1. The van der Waals surface area contributed by atoms with Gasteiger partial charge in [-0.05, 0) is 12.1 Å². The molecule has 2 N–H and O–H groups in total. The molecule has 0 saturated heterocycles. The zero-order valence-electron chi connectivity index (χ0n) is 9.64. The van der Waals surface area contributed by atoms with Gasteiger partial charge in [0.05, 0.1) is 18.1 Å². The maximum atomic E-state index is 13.3. The largest absolute Gasteiger partial charge is 0.372 e. The van der Waals surface area contributed by atoms with Crippen LogP contribution in [0.3, 0.4) is 0 Å². The molecule has 1 aromatic carbocycles. The molecule has 0 spiro atoms. The summed E-state index contributed by atoms with van der Waals surface area (Å²) in [5.74, 6) is -0.538. The van der Waals surface area contributed by atoms with Crippen LogP contribution >= 0.6 is 0 Å². The molecule has 0 atom stereocenters. The third-order valence-electron chi connectivity index (χ3n) is 2.25. The summed E-state index contributed by atoms with van der Waals surface area (Å²) in [6, 6.07) is 5.93. The standard InChI is InChI=1S/C12H11FN4O/c1-14-11-7-15-6-10(16-11)12(18)17-9-5-3-2-4-8(9)13/h2-7H,1H3,(H,14,16)(H,17,18). The van der Waals surface area contributed by atoms with E-state index in [9.17, 15) is 9.18 Å². The summed E-state index contributed by atoms with van der Waals surface area (Å²) < 4.78 is 13.3. The number of halogens is 1. The average molecular weight is 246 g/mol. The molecule has 0 fully saturated rings. The summed E-state index contributed by atoms with van der Waals surface area (Å²) in [5.41, 5.74) is 0.226. The Hall–Kier alpha value is -2.50. The van der Waals surface area contributed by atoms with E-state index in [2.05, 4.69) is 20.6 Å². The van der Waals surface area contributed by atoms with Crippen LogP contribution in [-0.4, -0.2) is 22.9 Å². The van der Waals surface area contributed by atoms with E-state index in [1.807, 2.05) is 0 Å². The lowest BCUT2D eigenvalue weighted by Crippen LogP contribution is -2.15. The van der Waals surface area contributed by atoms with Crippen molar-refractivity contribution in [2.24, 2.45) is 0 Å². The number of nitrogens with zero attached hydrogens (tertiary/aromatic N) is 2. The van der Waals surface area contributed by atoms with E-state index >= 15 is 0 Å². The number of hydrogen-bond donors (Lipinski definition) is 2. The highest BCUT2D eigenvalue weighted by atomic mass is 19.1. The van der Waals surface area contributed by atoms with Gasteiger partial charge in [0.2, 0.25) is 0 Å². The van der Waals surface area contributed by atoms with E-state index in [1.54, 1.807) is 19.2 Å². The molecule has 0 aliphatic rings. The van der Waals surface area contributed by atoms with Gasteiger partial charge in [0, 0.05) is 7.05 Å². The van der Waals surface area contributed by atoms with E-state index in [4.69, 9.17) is 0 Å². The van der Waals surface area contributed by atoms with Crippen LogP contribution in [-0.2, 0) is 0 Å². The predicted molar refractivity (Wildman–Crippen MR) is 65.9 cm³/mol. The van der Waals surface area contributed by atoms with Crippen molar-refractivity contribution >= 4 is 17.4 Å². The second-order valence-corrected chi connectivity index (χ2v) is 3.47. The number of carbonyl (C=O) groups is 1. The third-order valence-corrected chi connectivity index (χ3v) is 2.25. The average Bonchev–Trinajstić information content (AvgIpc) is 2.41. The molecule has 2 aromatic rings. The summed E-state index contributed by atoms with van der Waals surface area (Å²) in [4.78, 5) is 19.7. The summed E-state index contributed by atoms with van der Waals surface area (Å²) in [7, 11) is 1.67. The predicted octanol–water partition coefficient (Wildman–Crippen LogP) is 1.91. The Morgan fingerprint density at radius 3 is 2.78 bits per heavy atom. The number of nitrogens with one attached hydrogen (secondary N) is 2. The number of rotatable bonds is 3. The Balaban J connectivity index is 2.19. The van der Waals surface area contributed by atoms with Crippen molar-refractivity contribution in [3.05, 3.63) is 48.2 Å². The number of amides is 1. The normalized spacial score (nSPS) is 9.89. The van der Waals surface area contributed by atoms with Gasteiger partial charge in [-0.1, -0.05) is 12.1 Å². The van der Waals surface area contributed by atoms with Gasteiger partial charge < -0.3 is 10.6 Å². The SMILES string of the molecule is CNc1cncc(C(=O)Nc2ccccc2F)n1. The van der Waals surface area contributed by atoms with E-state index in [1.165, 1.54) is 24.5 Å². The monoisotopic (exact) mass is 246 g/mol. The van der Waals surface area contributed by atoms with Crippen LogP contribution < -0.4 is 10.6 Å². The molecule has 1 aromatic heterocycles. The van der Waals surface area contributed by atoms with Gasteiger partial charge in [0.15, 0.2) is 0 Å². The Morgan fingerprint density at radius 1 is 1.28 bits per heavy atom. The second-order valence-electron chi connectivity index (χ2n) is 3.47. The molecular weight excluding hydrogens is 235 g/mol. The zero-order valence-corrected chi connectivity index (χ0v) is 9.64. The maximum Gasteiger partial charge on any atom is 0.276 e. The highest BCUT2D eigenvalue weighted by molar-refractivity contribution is 6.02. The highest BCUT2D eigenvalue weighted by Gasteiger charge is 2.10. The fraction of sp³-hybridized carbons (Fsp3) is 0.0833. The van der Waals surface area contributed by atoms with Gasteiger partial charge in [-0.25, -0.2) is 9.37 Å². The molecule has 0 bridgehead atoms. The fourth-order valence-electron chi connectivity index (χ4n) is 1.34. The van der Waals surface area contributed by atoms with Crippen molar-refractivity contribution in [3.63, 3.8) is 0 Å². The minimum Gasteiger partial charge on any atom is -0.372 e. The van der Waals surface area contributed by atoms with Crippen molar-refractivity contribution in [1.29, 1.82) is 0 Å². The molecule has 0 saturated carbocycles. The summed E-state index contributed by atoms with van der Waals surface area (Å²) in [5, 5.41) is 5.20. The van der Waals surface area contributed by atoms with Crippen LogP contribution in [0.2, 0.25) is 0 Å². The molecule has 0 radical (unpaired) electrons. The smallest absolute Gasteiger partial charge is 0.276 e. The van der Waals surface area contributed by atoms with Crippen molar-refractivity contribution in [2.75, 3.05) is 17.7 Å². The highest BCUT2D eigenvalue weighted by Crippen LogP contribution is 2.13. The molecule has 1 amide bonds. The number of anilines is 2. The first-order valence-corrected chi connectivity index (χ1v) is 5.26. The summed E-state index contributed by atoms with van der Waals surface area (Å²) in [6.45, 7) is 0. The van der Waals surface area contributed by atoms with Crippen molar-refractivity contribution in [3.8, 4) is 0 Å². The lowest BCUT2D eigenvalue weighted by Gasteiger charge is -2.06. The Bertz CT molecular complexity index is 574. The summed E-state index contributed by atoms with van der Waals surface area (Å²) in [6.07, 6.45) is 2.80. The molecule has 18 heavy (non-hydrogen) atoms. The fourth-order valence-corrected chi connectivity index (χ4v) is 1.34. The van der Waals surface area contributed by atoms with Crippen molar-refractivity contribution < 1.29 is 9.18 Å². The quantitative estimate of drug-likeness (QED) is 0.868. The molecule has 5 nitrogen and oxygen atoms in total. The van der Waals surface area contributed by atoms with E-state index < -0.39 is 11.7 Å². The van der Waals surface area contributed by atoms with Gasteiger partial charge >= 0.3 is 0 Å². The first-order chi connectivity index (χ1) is 8.70. The van der Waals surface area contributed by atoms with Gasteiger partial charge in [-0.2, -0.15) is 0 Å². The third kappa shape index (κ3) is 2.60. The van der Waals surface area contributed by atoms with Gasteiger partial charge in [-0.3, -0.25) is 9.78 Å². The number of hydrogen-bond acceptors (Lipinski definition) is 4. The second kappa shape index (κ2) is 5.22. The molecule has 6 heteroatoms. The van der Waals surface area contributed by atoms with E-state index in [0.717, 1.165) is 0 Å². The van der Waals surface area contributed by atoms with Crippen LogP contribution in [0.15, 0.2) is 36.7 Å². The number of benzene rings is 1. The Kier molecular flexibility index (Phi) is 3.47. The van der Waals surface area contributed by atoms with Crippen molar-refractivity contribution in [2.45, 2.75) is 0 Å². The van der Waals surface area contributed by atoms with Gasteiger partial charge in [0.25, 0.3) is 5.91 Å². The van der Waals surface area contributed by atoms with E-state index in [0.29, 0.717) is 5.82 Å². The van der Waals surface area contributed by atoms with Crippen LogP contribution in [0.4, 0.5) is 15.9 Å².